The number of nitrogens with one attached hydrogen (secondary N) is 1. The predicted molar refractivity (Wildman–Crippen MR) is 121 cm³/mol. The fraction of sp³-hybridized carbons (Fsp3) is 0.227. The molecule has 2 aromatic heterocycles. The lowest BCUT2D eigenvalue weighted by Crippen LogP contribution is -2.18. The van der Waals surface area contributed by atoms with Crippen molar-refractivity contribution in [3.05, 3.63) is 53.5 Å². The number of alkyl halides is 3. The Bertz CT molecular complexity index is 1320. The molecule has 0 aliphatic carbocycles. The van der Waals surface area contributed by atoms with Gasteiger partial charge >= 0.3 is 5.57 Å². The topological polar surface area (TPSA) is 78.3 Å². The maximum Gasteiger partial charge on any atom is 0.487 e. The van der Waals surface area contributed by atoms with E-state index in [4.69, 9.17) is 16.3 Å². The van der Waals surface area contributed by atoms with Crippen LogP contribution in [0, 0.1) is 0 Å². The van der Waals surface area contributed by atoms with Crippen molar-refractivity contribution < 1.29 is 23.0 Å². The van der Waals surface area contributed by atoms with E-state index in [1.807, 2.05) is 5.38 Å². The Morgan fingerprint density at radius 2 is 2.12 bits per heavy atom. The van der Waals surface area contributed by atoms with Crippen molar-refractivity contribution >= 4 is 45.8 Å². The fourth-order valence-electron chi connectivity index (χ4n) is 3.80. The Morgan fingerprint density at radius 3 is 2.82 bits per heavy atom. The third kappa shape index (κ3) is 4.36. The Balaban J connectivity index is 1.50. The second-order valence-electron chi connectivity index (χ2n) is 7.58. The SMILES string of the molecule is C[C@@H]1CCOc2nc3cc(C(=O)Nc4ccc(OC(F)(F)Cl)cc4)cc(-c4cnsc4)c3n21. The van der Waals surface area contributed by atoms with Crippen LogP contribution in [0.25, 0.3) is 22.2 Å². The summed E-state index contributed by atoms with van der Waals surface area (Å²) in [7, 11) is 0. The molecule has 1 amide bonds. The molecule has 4 aromatic rings. The highest BCUT2D eigenvalue weighted by Crippen LogP contribution is 2.38. The number of ether oxygens (including phenoxy) is 2. The zero-order valence-corrected chi connectivity index (χ0v) is 18.8. The summed E-state index contributed by atoms with van der Waals surface area (Å²) >= 11 is 6.10. The highest BCUT2D eigenvalue weighted by molar-refractivity contribution is 7.03. The molecular formula is C22H17ClF2N4O3S. The van der Waals surface area contributed by atoms with Crippen molar-refractivity contribution in [3.8, 4) is 22.9 Å². The van der Waals surface area contributed by atoms with Crippen LogP contribution in [-0.4, -0.2) is 32.0 Å². The lowest BCUT2D eigenvalue weighted by atomic mass is 10.0. The third-order valence-electron chi connectivity index (χ3n) is 5.31. The molecule has 170 valence electrons. The van der Waals surface area contributed by atoms with Crippen molar-refractivity contribution in [3.63, 3.8) is 0 Å². The zero-order valence-electron chi connectivity index (χ0n) is 17.2. The van der Waals surface area contributed by atoms with E-state index in [0.717, 1.165) is 23.1 Å². The summed E-state index contributed by atoms with van der Waals surface area (Å²) in [5, 5.41) is 4.67. The van der Waals surface area contributed by atoms with Gasteiger partial charge in [-0.1, -0.05) is 0 Å². The van der Waals surface area contributed by atoms with Gasteiger partial charge in [0.2, 0.25) is 0 Å². The quantitative estimate of drug-likeness (QED) is 0.351. The Hall–Kier alpha value is -3.24. The van der Waals surface area contributed by atoms with Crippen molar-refractivity contribution in [1.82, 2.24) is 13.9 Å². The first kappa shape index (κ1) is 21.6. The summed E-state index contributed by atoms with van der Waals surface area (Å²) in [6.07, 6.45) is 2.61. The van der Waals surface area contributed by atoms with Crippen molar-refractivity contribution in [2.45, 2.75) is 25.0 Å². The molecule has 1 aliphatic heterocycles. The molecule has 0 bridgehead atoms. The molecule has 5 rings (SSSR count). The third-order valence-corrected chi connectivity index (χ3v) is 5.98. The van der Waals surface area contributed by atoms with Crippen LogP contribution in [0.5, 0.6) is 11.8 Å². The summed E-state index contributed by atoms with van der Waals surface area (Å²) in [4.78, 5) is 17.7. The second kappa shape index (κ2) is 8.27. The van der Waals surface area contributed by atoms with Gasteiger partial charge in [0, 0.05) is 58.0 Å². The summed E-state index contributed by atoms with van der Waals surface area (Å²) in [6.45, 7) is 2.69. The van der Waals surface area contributed by atoms with Crippen LogP contribution < -0.4 is 14.8 Å². The lowest BCUT2D eigenvalue weighted by Gasteiger charge is -2.23. The number of aromatic nitrogens is 3. The average molecular weight is 491 g/mol. The van der Waals surface area contributed by atoms with Gasteiger partial charge in [-0.3, -0.25) is 9.36 Å². The van der Waals surface area contributed by atoms with E-state index in [0.29, 0.717) is 29.4 Å². The summed E-state index contributed by atoms with van der Waals surface area (Å²) in [5.74, 6) is -0.503. The van der Waals surface area contributed by atoms with E-state index in [1.165, 1.54) is 35.8 Å². The molecule has 1 aliphatic rings. The smallest absolute Gasteiger partial charge is 0.465 e. The van der Waals surface area contributed by atoms with E-state index < -0.39 is 5.57 Å². The normalized spacial score (nSPS) is 15.7. The second-order valence-corrected chi connectivity index (χ2v) is 8.68. The standard InChI is InChI=1S/C22H17ClF2N4O3S/c1-12-6-7-31-21-28-18-9-13(8-17(19(18)29(12)21)14-10-26-33-11-14)20(30)27-15-2-4-16(5-3-15)32-22(23,24)25/h2-5,8-12H,6-7H2,1H3,(H,27,30)/t12-/m1/s1. The molecule has 11 heteroatoms. The maximum atomic E-state index is 13.0. The van der Waals surface area contributed by atoms with Crippen LogP contribution in [0.1, 0.15) is 29.7 Å². The highest BCUT2D eigenvalue weighted by Gasteiger charge is 2.28. The number of rotatable bonds is 5. The van der Waals surface area contributed by atoms with Crippen LogP contribution in [0.3, 0.4) is 0 Å². The Kier molecular flexibility index (Phi) is 5.41. The molecular weight excluding hydrogens is 474 g/mol. The molecule has 0 saturated carbocycles. The van der Waals surface area contributed by atoms with Crippen molar-refractivity contribution in [2.75, 3.05) is 11.9 Å². The number of carbonyl (C=O) groups excluding carboxylic acids is 1. The van der Waals surface area contributed by atoms with Crippen LogP contribution in [-0.2, 0) is 0 Å². The van der Waals surface area contributed by atoms with Gasteiger partial charge in [0.1, 0.15) is 5.75 Å². The number of nitrogens with zero attached hydrogens (tertiary/aromatic N) is 3. The first-order chi connectivity index (χ1) is 15.8. The van der Waals surface area contributed by atoms with Crippen molar-refractivity contribution in [1.29, 1.82) is 0 Å². The van der Waals surface area contributed by atoms with Gasteiger partial charge in [-0.25, -0.2) is 4.37 Å². The first-order valence-electron chi connectivity index (χ1n) is 10.0. The molecule has 0 saturated heterocycles. The monoisotopic (exact) mass is 490 g/mol. The van der Waals surface area contributed by atoms with E-state index >= 15 is 0 Å². The van der Waals surface area contributed by atoms with Gasteiger partial charge in [-0.05, 0) is 54.9 Å². The minimum atomic E-state index is -3.81. The van der Waals surface area contributed by atoms with Crippen LogP contribution in [0.15, 0.2) is 48.0 Å². The summed E-state index contributed by atoms with van der Waals surface area (Å²) in [5.41, 5.74) is 0.222. The molecule has 0 spiro atoms. The van der Waals surface area contributed by atoms with Gasteiger partial charge in [-0.15, -0.1) is 8.78 Å². The van der Waals surface area contributed by atoms with Gasteiger partial charge in [0.25, 0.3) is 11.9 Å². The molecule has 1 atom stereocenters. The molecule has 2 aromatic carbocycles. The largest absolute Gasteiger partial charge is 0.487 e. The number of benzene rings is 2. The molecule has 33 heavy (non-hydrogen) atoms. The van der Waals surface area contributed by atoms with E-state index in [2.05, 4.69) is 30.9 Å². The molecule has 7 nitrogen and oxygen atoms in total. The maximum absolute atomic E-state index is 13.0. The number of anilines is 1. The predicted octanol–water partition coefficient (Wildman–Crippen LogP) is 5.92. The number of carbonyl (C=O) groups is 1. The van der Waals surface area contributed by atoms with Crippen LogP contribution in [0.2, 0.25) is 0 Å². The lowest BCUT2D eigenvalue weighted by molar-refractivity contribution is -0.0964. The number of imidazole rings is 1. The first-order valence-corrected chi connectivity index (χ1v) is 11.3. The number of halogens is 3. The molecule has 0 radical (unpaired) electrons. The van der Waals surface area contributed by atoms with E-state index in [1.54, 1.807) is 18.3 Å². The number of fused-ring (bicyclic) bond motifs is 3. The molecule has 0 fully saturated rings. The van der Waals surface area contributed by atoms with Gasteiger partial charge in [0.05, 0.1) is 17.6 Å². The van der Waals surface area contributed by atoms with Crippen LogP contribution in [0.4, 0.5) is 14.5 Å². The van der Waals surface area contributed by atoms with Gasteiger partial charge in [-0.2, -0.15) is 4.98 Å². The summed E-state index contributed by atoms with van der Waals surface area (Å²) < 4.78 is 41.9. The minimum Gasteiger partial charge on any atom is -0.465 e. The minimum absolute atomic E-state index is 0.126. The number of hydrogen-bond donors (Lipinski definition) is 1. The van der Waals surface area contributed by atoms with E-state index in [-0.39, 0.29) is 17.7 Å². The molecule has 3 heterocycles. The number of amides is 1. The number of hydrogen-bond acceptors (Lipinski definition) is 6. The highest BCUT2D eigenvalue weighted by atomic mass is 35.5. The Labute approximate surface area is 196 Å². The molecule has 0 unspecified atom stereocenters. The van der Waals surface area contributed by atoms with Gasteiger partial charge < -0.3 is 14.8 Å². The van der Waals surface area contributed by atoms with E-state index in [9.17, 15) is 13.6 Å². The zero-order chi connectivity index (χ0) is 23.2. The van der Waals surface area contributed by atoms with Crippen molar-refractivity contribution in [2.24, 2.45) is 0 Å². The molecule has 1 N–H and O–H groups in total. The average Bonchev–Trinajstić information content (AvgIpc) is 3.41. The Morgan fingerprint density at radius 1 is 1.33 bits per heavy atom. The van der Waals surface area contributed by atoms with Gasteiger partial charge in [0.15, 0.2) is 0 Å². The summed E-state index contributed by atoms with van der Waals surface area (Å²) in [6, 6.07) is 9.71. The fourth-order valence-corrected chi connectivity index (χ4v) is 4.43. The van der Waals surface area contributed by atoms with Crippen LogP contribution >= 0.6 is 23.1 Å².